The molecule has 21 heavy (non-hydrogen) atoms. The van der Waals surface area contributed by atoms with Gasteiger partial charge in [-0.3, -0.25) is 4.79 Å². The predicted molar refractivity (Wildman–Crippen MR) is 82.4 cm³/mol. The normalized spacial score (nSPS) is 10.8. The largest absolute Gasteiger partial charge is 0.496 e. The number of fused-ring (bicyclic) bond motifs is 1. The van der Waals surface area contributed by atoms with Gasteiger partial charge in [0.05, 0.1) is 23.6 Å². The number of ether oxygens (including phenoxy) is 1. The van der Waals surface area contributed by atoms with Crippen LogP contribution in [0.25, 0.3) is 10.9 Å². The van der Waals surface area contributed by atoms with Crippen molar-refractivity contribution in [1.29, 1.82) is 0 Å². The summed E-state index contributed by atoms with van der Waals surface area (Å²) in [6, 6.07) is 9.89. The van der Waals surface area contributed by atoms with E-state index in [1.165, 1.54) is 13.2 Å². The number of ketones is 1. The molecular weight excluding hydrogens is 337 g/mol. The molecule has 1 N–H and O–H groups in total. The summed E-state index contributed by atoms with van der Waals surface area (Å²) in [5.41, 5.74) is 1.17. The fourth-order valence-corrected chi connectivity index (χ4v) is 2.87. The Balaban J connectivity index is 2.24. The van der Waals surface area contributed by atoms with E-state index in [4.69, 9.17) is 4.74 Å². The second-order valence-electron chi connectivity index (χ2n) is 4.51. The van der Waals surface area contributed by atoms with Crippen LogP contribution in [0.15, 0.2) is 47.1 Å². The van der Waals surface area contributed by atoms with Gasteiger partial charge in [0, 0.05) is 16.2 Å². The number of methoxy groups -OCH3 is 1. The highest BCUT2D eigenvalue weighted by atomic mass is 79.9. The van der Waals surface area contributed by atoms with E-state index in [0.29, 0.717) is 21.2 Å². The smallest absolute Gasteiger partial charge is 0.199 e. The lowest BCUT2D eigenvalue weighted by atomic mass is 10.0. The third-order valence-electron chi connectivity index (χ3n) is 3.32. The molecule has 5 heteroatoms. The van der Waals surface area contributed by atoms with Gasteiger partial charge >= 0.3 is 0 Å². The van der Waals surface area contributed by atoms with Crippen molar-refractivity contribution in [2.24, 2.45) is 0 Å². The zero-order valence-electron chi connectivity index (χ0n) is 11.1. The minimum Gasteiger partial charge on any atom is -0.496 e. The van der Waals surface area contributed by atoms with Crippen LogP contribution in [0.4, 0.5) is 4.39 Å². The number of hydrogen-bond donors (Lipinski definition) is 1. The van der Waals surface area contributed by atoms with Gasteiger partial charge in [-0.15, -0.1) is 0 Å². The number of carbonyl (C=O) groups is 1. The Kier molecular flexibility index (Phi) is 3.51. The van der Waals surface area contributed by atoms with Crippen molar-refractivity contribution in [3.8, 4) is 5.75 Å². The number of H-pyrrole nitrogens is 1. The quantitative estimate of drug-likeness (QED) is 0.717. The fraction of sp³-hybridized carbons (Fsp3) is 0.0625. The summed E-state index contributed by atoms with van der Waals surface area (Å²) in [5, 5.41) is 0.653. The molecule has 0 fully saturated rings. The second-order valence-corrected chi connectivity index (χ2v) is 5.37. The van der Waals surface area contributed by atoms with Crippen LogP contribution in [-0.4, -0.2) is 17.9 Å². The van der Waals surface area contributed by atoms with Gasteiger partial charge in [-0.05, 0) is 40.2 Å². The maximum Gasteiger partial charge on any atom is 0.199 e. The third kappa shape index (κ3) is 2.23. The maximum absolute atomic E-state index is 14.0. The van der Waals surface area contributed by atoms with Crippen molar-refractivity contribution in [2.75, 3.05) is 7.11 Å². The molecule has 0 atom stereocenters. The lowest BCUT2D eigenvalue weighted by Crippen LogP contribution is -2.05. The van der Waals surface area contributed by atoms with Crippen LogP contribution >= 0.6 is 15.9 Å². The average Bonchev–Trinajstić information content (AvgIpc) is 2.90. The number of aromatic amines is 1. The standard InChI is InChI=1S/C16H11BrFNO2/c1-21-13-7-3-6-12-14(13)9(8-19-12)16(20)15-10(17)4-2-5-11(15)18/h2-8,19H,1H3. The molecular formula is C16H11BrFNO2. The van der Waals surface area contributed by atoms with E-state index in [2.05, 4.69) is 20.9 Å². The molecule has 106 valence electrons. The van der Waals surface area contributed by atoms with Gasteiger partial charge in [-0.2, -0.15) is 0 Å². The molecule has 0 aliphatic rings. The van der Waals surface area contributed by atoms with Gasteiger partial charge in [0.2, 0.25) is 0 Å². The number of aromatic nitrogens is 1. The topological polar surface area (TPSA) is 42.1 Å². The molecule has 0 aliphatic heterocycles. The first-order valence-electron chi connectivity index (χ1n) is 6.26. The molecule has 1 heterocycles. The minimum absolute atomic E-state index is 0.0179. The molecule has 0 amide bonds. The van der Waals surface area contributed by atoms with E-state index in [0.717, 1.165) is 5.52 Å². The van der Waals surface area contributed by atoms with Gasteiger partial charge in [-0.1, -0.05) is 12.1 Å². The Morgan fingerprint density at radius 2 is 2.00 bits per heavy atom. The average molecular weight is 348 g/mol. The monoisotopic (exact) mass is 347 g/mol. The zero-order chi connectivity index (χ0) is 15.0. The number of benzene rings is 2. The molecule has 0 unspecified atom stereocenters. The van der Waals surface area contributed by atoms with Crippen LogP contribution < -0.4 is 4.74 Å². The van der Waals surface area contributed by atoms with Gasteiger partial charge in [-0.25, -0.2) is 4.39 Å². The molecule has 0 saturated heterocycles. The number of hydrogen-bond acceptors (Lipinski definition) is 2. The molecule has 2 aromatic carbocycles. The first kappa shape index (κ1) is 13.8. The molecule has 3 rings (SSSR count). The molecule has 3 aromatic rings. The van der Waals surface area contributed by atoms with Crippen LogP contribution in [0.2, 0.25) is 0 Å². The van der Waals surface area contributed by atoms with Crippen LogP contribution in [0.1, 0.15) is 15.9 Å². The van der Waals surface area contributed by atoms with Gasteiger partial charge in [0.1, 0.15) is 11.6 Å². The number of rotatable bonds is 3. The Bertz CT molecular complexity index is 821. The Morgan fingerprint density at radius 1 is 1.24 bits per heavy atom. The molecule has 0 aliphatic carbocycles. The highest BCUT2D eigenvalue weighted by Crippen LogP contribution is 2.32. The SMILES string of the molecule is COc1cccc2[nH]cc(C(=O)c3c(F)cccc3Br)c12. The van der Waals surface area contributed by atoms with Gasteiger partial charge in [0.25, 0.3) is 0 Å². The van der Waals surface area contributed by atoms with Gasteiger partial charge < -0.3 is 9.72 Å². The molecule has 0 radical (unpaired) electrons. The summed E-state index contributed by atoms with van der Waals surface area (Å²) in [5.74, 6) is -0.376. The lowest BCUT2D eigenvalue weighted by Gasteiger charge is -2.06. The van der Waals surface area contributed by atoms with E-state index in [1.807, 2.05) is 12.1 Å². The first-order chi connectivity index (χ1) is 10.1. The summed E-state index contributed by atoms with van der Waals surface area (Å²) < 4.78 is 19.7. The van der Waals surface area contributed by atoms with Crippen molar-refractivity contribution >= 4 is 32.6 Å². The Hall–Kier alpha value is -2.14. The van der Waals surface area contributed by atoms with Gasteiger partial charge in [0.15, 0.2) is 5.78 Å². The highest BCUT2D eigenvalue weighted by molar-refractivity contribution is 9.10. The summed E-state index contributed by atoms with van der Waals surface area (Å²) in [6.45, 7) is 0. The number of carbonyl (C=O) groups excluding carboxylic acids is 1. The molecule has 3 nitrogen and oxygen atoms in total. The third-order valence-corrected chi connectivity index (χ3v) is 3.98. The van der Waals surface area contributed by atoms with Crippen molar-refractivity contribution < 1.29 is 13.9 Å². The van der Waals surface area contributed by atoms with E-state index >= 15 is 0 Å². The van der Waals surface area contributed by atoms with Crippen LogP contribution in [0.5, 0.6) is 5.75 Å². The minimum atomic E-state index is -0.557. The van der Waals surface area contributed by atoms with Crippen LogP contribution in [0.3, 0.4) is 0 Å². The van der Waals surface area contributed by atoms with Crippen LogP contribution in [-0.2, 0) is 0 Å². The molecule has 0 bridgehead atoms. The lowest BCUT2D eigenvalue weighted by molar-refractivity contribution is 0.103. The first-order valence-corrected chi connectivity index (χ1v) is 7.05. The number of nitrogens with one attached hydrogen (secondary N) is 1. The van der Waals surface area contributed by atoms with Crippen molar-refractivity contribution in [2.45, 2.75) is 0 Å². The van der Waals surface area contributed by atoms with E-state index < -0.39 is 11.6 Å². The van der Waals surface area contributed by atoms with Crippen LogP contribution in [0, 0.1) is 5.82 Å². The predicted octanol–water partition coefficient (Wildman–Crippen LogP) is 4.31. The van der Waals surface area contributed by atoms with Crippen molar-refractivity contribution in [3.63, 3.8) is 0 Å². The summed E-state index contributed by atoms with van der Waals surface area (Å²) >= 11 is 3.23. The Morgan fingerprint density at radius 3 is 2.71 bits per heavy atom. The van der Waals surface area contributed by atoms with Crippen molar-refractivity contribution in [3.05, 3.63) is 64.0 Å². The fourth-order valence-electron chi connectivity index (χ4n) is 2.35. The summed E-state index contributed by atoms with van der Waals surface area (Å²) in [6.07, 6.45) is 1.58. The summed E-state index contributed by atoms with van der Waals surface area (Å²) in [4.78, 5) is 15.7. The van der Waals surface area contributed by atoms with Crippen molar-refractivity contribution in [1.82, 2.24) is 4.98 Å². The zero-order valence-corrected chi connectivity index (χ0v) is 12.7. The Labute approximate surface area is 128 Å². The highest BCUT2D eigenvalue weighted by Gasteiger charge is 2.22. The molecule has 1 aromatic heterocycles. The maximum atomic E-state index is 14.0. The van der Waals surface area contributed by atoms with E-state index in [9.17, 15) is 9.18 Å². The second kappa shape index (κ2) is 5.33. The van der Waals surface area contributed by atoms with E-state index in [-0.39, 0.29) is 5.56 Å². The number of halogens is 2. The molecule has 0 spiro atoms. The summed E-state index contributed by atoms with van der Waals surface area (Å²) in [7, 11) is 1.54. The molecule has 0 saturated carbocycles. The van der Waals surface area contributed by atoms with E-state index in [1.54, 1.807) is 24.4 Å².